The molecule has 2 aromatic carbocycles. The minimum absolute atomic E-state index is 0.125. The maximum absolute atomic E-state index is 13.4. The number of nitrogens with one attached hydrogen (secondary N) is 2. The highest BCUT2D eigenvalue weighted by Gasteiger charge is 2.58. The molecule has 2 N–H and O–H groups in total. The summed E-state index contributed by atoms with van der Waals surface area (Å²) in [7, 11) is 4.30. The summed E-state index contributed by atoms with van der Waals surface area (Å²) in [5.41, 5.74) is 5.32. The molecule has 0 saturated carbocycles. The first-order chi connectivity index (χ1) is 14.4. The number of anilines is 2. The molecule has 3 rings (SSSR count). The summed E-state index contributed by atoms with van der Waals surface area (Å²) in [5, 5.41) is 0. The molecule has 0 radical (unpaired) electrons. The van der Waals surface area contributed by atoms with Gasteiger partial charge in [-0.05, 0) is 30.7 Å². The van der Waals surface area contributed by atoms with E-state index in [0.29, 0.717) is 28.3 Å². The van der Waals surface area contributed by atoms with Gasteiger partial charge in [0.15, 0.2) is 5.41 Å². The smallest absolute Gasteiger partial charge is 0.425 e. The van der Waals surface area contributed by atoms with Crippen molar-refractivity contribution in [2.24, 2.45) is 0 Å². The van der Waals surface area contributed by atoms with Crippen molar-refractivity contribution in [3.63, 3.8) is 0 Å². The van der Waals surface area contributed by atoms with E-state index >= 15 is 0 Å². The second kappa shape index (κ2) is 8.32. The third kappa shape index (κ3) is 3.18. The van der Waals surface area contributed by atoms with E-state index in [1.807, 2.05) is 0 Å². The molecule has 9 nitrogen and oxygen atoms in total. The molecule has 0 unspecified atom stereocenters. The highest BCUT2D eigenvalue weighted by atomic mass is 16.5. The monoisotopic (exact) mass is 413 g/mol. The largest absolute Gasteiger partial charge is 0.495 e. The zero-order valence-corrected chi connectivity index (χ0v) is 17.1. The Kier molecular flexibility index (Phi) is 5.81. The summed E-state index contributed by atoms with van der Waals surface area (Å²) in [6.45, 7) is 1.81. The van der Waals surface area contributed by atoms with Crippen LogP contribution in [0.2, 0.25) is 0 Å². The molecule has 0 bridgehead atoms. The fraction of sp³-hybridized carbons (Fsp3) is 0.286. The van der Waals surface area contributed by atoms with Gasteiger partial charge in [0.25, 0.3) is 5.91 Å². The normalized spacial score (nSPS) is 17.2. The van der Waals surface area contributed by atoms with E-state index in [-0.39, 0.29) is 6.61 Å². The number of amides is 2. The van der Waals surface area contributed by atoms with Crippen LogP contribution in [0, 0.1) is 0 Å². The van der Waals surface area contributed by atoms with Crippen LogP contribution in [-0.4, -0.2) is 45.8 Å². The number of rotatable bonds is 6. The van der Waals surface area contributed by atoms with Crippen molar-refractivity contribution in [1.29, 1.82) is 0 Å². The molecule has 1 heterocycles. The Balaban J connectivity index is 2.16. The molecule has 1 aliphatic rings. The van der Waals surface area contributed by atoms with E-state index in [1.165, 1.54) is 19.1 Å². The van der Waals surface area contributed by atoms with Crippen molar-refractivity contribution in [3.05, 3.63) is 53.6 Å². The molecule has 2 amide bonds. The van der Waals surface area contributed by atoms with Gasteiger partial charge < -0.3 is 19.1 Å². The van der Waals surface area contributed by atoms with Crippen molar-refractivity contribution in [1.82, 2.24) is 5.43 Å². The summed E-state index contributed by atoms with van der Waals surface area (Å²) < 4.78 is 15.3. The van der Waals surface area contributed by atoms with E-state index in [1.54, 1.807) is 56.4 Å². The highest BCUT2D eigenvalue weighted by molar-refractivity contribution is 6.23. The van der Waals surface area contributed by atoms with Gasteiger partial charge in [0.2, 0.25) is 0 Å². The molecular formula is C21H23N3O6. The number of benzene rings is 2. The number of ether oxygens (including phenoxy) is 3. The Hall–Kier alpha value is -3.75. The standard InChI is InChI=1S/C21H23N3O6/c1-5-30-19(26)21(14-8-6-7-9-16(14)24(2)18(21)25)13-10-11-15(17(12-13)28-3)22-23-20(27)29-4/h6-12,22H,5H2,1-4H3,(H,23,27)/t21-/m1/s1. The molecule has 0 aliphatic carbocycles. The maximum Gasteiger partial charge on any atom is 0.425 e. The molecule has 2 aromatic rings. The number of fused-ring (bicyclic) bond motifs is 1. The Morgan fingerprint density at radius 3 is 2.53 bits per heavy atom. The zero-order valence-electron chi connectivity index (χ0n) is 17.1. The van der Waals surface area contributed by atoms with Gasteiger partial charge in [0.05, 0.1) is 26.5 Å². The summed E-state index contributed by atoms with van der Waals surface area (Å²) in [5.74, 6) is -0.771. The predicted molar refractivity (Wildman–Crippen MR) is 109 cm³/mol. The zero-order chi connectivity index (χ0) is 21.9. The number of nitrogens with zero attached hydrogens (tertiary/aromatic N) is 1. The number of carbonyl (C=O) groups excluding carboxylic acids is 3. The molecule has 0 saturated heterocycles. The first-order valence-corrected chi connectivity index (χ1v) is 9.25. The maximum atomic E-state index is 13.4. The van der Waals surface area contributed by atoms with Gasteiger partial charge in [-0.25, -0.2) is 10.2 Å². The molecule has 1 atom stereocenters. The Morgan fingerprint density at radius 2 is 1.87 bits per heavy atom. The van der Waals surface area contributed by atoms with Gasteiger partial charge in [0, 0.05) is 18.3 Å². The summed E-state index contributed by atoms with van der Waals surface area (Å²) in [4.78, 5) is 39.4. The molecule has 1 aliphatic heterocycles. The molecular weight excluding hydrogens is 390 g/mol. The summed E-state index contributed by atoms with van der Waals surface area (Å²) in [6, 6.07) is 11.9. The Bertz CT molecular complexity index is 992. The molecule has 30 heavy (non-hydrogen) atoms. The predicted octanol–water partition coefficient (Wildman–Crippen LogP) is 2.20. The lowest BCUT2D eigenvalue weighted by atomic mass is 9.75. The van der Waals surface area contributed by atoms with E-state index in [4.69, 9.17) is 9.47 Å². The minimum Gasteiger partial charge on any atom is -0.495 e. The molecule has 0 fully saturated rings. The van der Waals surface area contributed by atoms with Crippen LogP contribution in [0.15, 0.2) is 42.5 Å². The van der Waals surface area contributed by atoms with Crippen LogP contribution in [0.4, 0.5) is 16.2 Å². The van der Waals surface area contributed by atoms with Gasteiger partial charge >= 0.3 is 12.1 Å². The average molecular weight is 413 g/mol. The van der Waals surface area contributed by atoms with Crippen molar-refractivity contribution in [2.75, 3.05) is 38.2 Å². The molecule has 0 aromatic heterocycles. The average Bonchev–Trinajstić information content (AvgIpc) is 3.00. The summed E-state index contributed by atoms with van der Waals surface area (Å²) in [6.07, 6.45) is -0.689. The van der Waals surface area contributed by atoms with E-state index in [0.717, 1.165) is 0 Å². The van der Waals surface area contributed by atoms with Crippen LogP contribution in [0.5, 0.6) is 5.75 Å². The van der Waals surface area contributed by atoms with Gasteiger partial charge in [-0.3, -0.25) is 15.0 Å². The van der Waals surface area contributed by atoms with Crippen LogP contribution >= 0.6 is 0 Å². The highest BCUT2D eigenvalue weighted by Crippen LogP contribution is 2.47. The van der Waals surface area contributed by atoms with Gasteiger partial charge in [0.1, 0.15) is 5.75 Å². The fourth-order valence-electron chi connectivity index (χ4n) is 3.59. The van der Waals surface area contributed by atoms with E-state index in [9.17, 15) is 14.4 Å². The topological polar surface area (TPSA) is 106 Å². The number of carbonyl (C=O) groups is 3. The lowest BCUT2D eigenvalue weighted by molar-refractivity contribution is -0.151. The number of likely N-dealkylation sites (N-methyl/N-ethyl adjacent to an activating group) is 1. The number of methoxy groups -OCH3 is 2. The van der Waals surface area contributed by atoms with Gasteiger partial charge in [-0.15, -0.1) is 0 Å². The number of esters is 1. The second-order valence-corrected chi connectivity index (χ2v) is 6.51. The molecule has 0 spiro atoms. The van der Waals surface area contributed by atoms with Gasteiger partial charge in [-0.1, -0.05) is 24.3 Å². The van der Waals surface area contributed by atoms with Gasteiger partial charge in [-0.2, -0.15) is 0 Å². The lowest BCUT2D eigenvalue weighted by Crippen LogP contribution is -2.47. The number of hydrogen-bond donors (Lipinski definition) is 2. The minimum atomic E-state index is -1.66. The molecule has 158 valence electrons. The Labute approximate surface area is 173 Å². The van der Waals surface area contributed by atoms with E-state index in [2.05, 4.69) is 15.6 Å². The SMILES string of the molecule is CCOC(=O)[C@@]1(c2ccc(NNC(=O)OC)c(OC)c2)C(=O)N(C)c2ccccc21. The van der Waals surface area contributed by atoms with Crippen LogP contribution in [-0.2, 0) is 24.5 Å². The van der Waals surface area contributed by atoms with Crippen molar-refractivity contribution in [3.8, 4) is 5.75 Å². The van der Waals surface area contributed by atoms with Crippen molar-refractivity contribution >= 4 is 29.3 Å². The first kappa shape index (κ1) is 21.0. The number of para-hydroxylation sites is 1. The van der Waals surface area contributed by atoms with Crippen molar-refractivity contribution in [2.45, 2.75) is 12.3 Å². The van der Waals surface area contributed by atoms with Crippen LogP contribution < -0.4 is 20.5 Å². The van der Waals surface area contributed by atoms with E-state index < -0.39 is 23.4 Å². The third-order valence-electron chi connectivity index (χ3n) is 5.00. The van der Waals surface area contributed by atoms with Crippen LogP contribution in [0.1, 0.15) is 18.1 Å². The molecule has 9 heteroatoms. The third-order valence-corrected chi connectivity index (χ3v) is 5.00. The summed E-state index contributed by atoms with van der Waals surface area (Å²) >= 11 is 0. The second-order valence-electron chi connectivity index (χ2n) is 6.51. The van der Waals surface area contributed by atoms with Crippen molar-refractivity contribution < 1.29 is 28.6 Å². The quantitative estimate of drug-likeness (QED) is 0.425. The lowest BCUT2D eigenvalue weighted by Gasteiger charge is -2.27. The van der Waals surface area contributed by atoms with Crippen LogP contribution in [0.3, 0.4) is 0 Å². The Morgan fingerprint density at radius 1 is 1.13 bits per heavy atom. The number of hydrazine groups is 1. The number of hydrogen-bond acceptors (Lipinski definition) is 7. The fourth-order valence-corrected chi connectivity index (χ4v) is 3.59. The first-order valence-electron chi connectivity index (χ1n) is 9.25. The van der Waals surface area contributed by atoms with Crippen LogP contribution in [0.25, 0.3) is 0 Å².